The van der Waals surface area contributed by atoms with Gasteiger partial charge in [0.1, 0.15) is 0 Å². The average molecular weight is 565 g/mol. The zero-order chi connectivity index (χ0) is 29.0. The van der Waals surface area contributed by atoms with E-state index in [0.717, 1.165) is 6.42 Å². The molecule has 0 aromatic heterocycles. The second-order valence-electron chi connectivity index (χ2n) is 12.1. The third kappa shape index (κ3) is 3.88. The van der Waals surface area contributed by atoms with Gasteiger partial charge in [0.25, 0.3) is 0 Å². The molecule has 3 aliphatic rings. The van der Waals surface area contributed by atoms with E-state index in [0.29, 0.717) is 17.9 Å². The average Bonchev–Trinajstić information content (AvgIpc) is 3.62. The van der Waals surface area contributed by atoms with Gasteiger partial charge in [-0.15, -0.1) is 0 Å². The van der Waals surface area contributed by atoms with Gasteiger partial charge in [0.2, 0.25) is 0 Å². The van der Waals surface area contributed by atoms with Crippen LogP contribution >= 0.6 is 0 Å². The first-order valence-corrected chi connectivity index (χ1v) is 15.6. The number of allylic oxidation sites excluding steroid dienone is 1. The molecule has 9 rings (SSSR count). The van der Waals surface area contributed by atoms with Crippen LogP contribution in [0.4, 0.5) is 22.7 Å². The van der Waals surface area contributed by atoms with Gasteiger partial charge in [-0.25, -0.2) is 0 Å². The lowest BCUT2D eigenvalue weighted by molar-refractivity contribution is 0.488. The molecule has 1 aliphatic carbocycles. The van der Waals surface area contributed by atoms with Crippen LogP contribution in [-0.4, -0.2) is 6.04 Å². The molecule has 3 unspecified atom stereocenters. The summed E-state index contributed by atoms with van der Waals surface area (Å²) in [6, 6.07) is 58.1. The van der Waals surface area contributed by atoms with Crippen molar-refractivity contribution in [3.8, 4) is 22.3 Å². The molecule has 0 bridgehead atoms. The smallest absolute Gasteiger partial charge is 0.0497 e. The normalized spacial score (nSPS) is 19.5. The molecule has 2 heteroatoms. The van der Waals surface area contributed by atoms with Gasteiger partial charge in [0, 0.05) is 46.3 Å². The molecule has 0 fully saturated rings. The van der Waals surface area contributed by atoms with Crippen LogP contribution in [0.1, 0.15) is 29.4 Å². The Morgan fingerprint density at radius 1 is 0.455 bits per heavy atom. The van der Waals surface area contributed by atoms with Crippen molar-refractivity contribution in [2.75, 3.05) is 9.80 Å². The Morgan fingerprint density at radius 3 is 1.80 bits per heavy atom. The van der Waals surface area contributed by atoms with E-state index >= 15 is 0 Å². The topological polar surface area (TPSA) is 6.48 Å². The molecule has 6 aromatic carbocycles. The Morgan fingerprint density at radius 2 is 1.05 bits per heavy atom. The Hall–Kier alpha value is -5.34. The van der Waals surface area contributed by atoms with Crippen LogP contribution in [0.15, 0.2) is 169 Å². The highest BCUT2D eigenvalue weighted by atomic mass is 15.2. The van der Waals surface area contributed by atoms with E-state index in [9.17, 15) is 0 Å². The lowest BCUT2D eigenvalue weighted by Crippen LogP contribution is -2.36. The lowest BCUT2D eigenvalue weighted by Gasteiger charge is -2.37. The Labute approximate surface area is 259 Å². The number of benzene rings is 6. The van der Waals surface area contributed by atoms with Crippen LogP contribution in [0, 0.1) is 0 Å². The first-order valence-electron chi connectivity index (χ1n) is 15.6. The van der Waals surface area contributed by atoms with Crippen LogP contribution in [0.25, 0.3) is 22.3 Å². The third-order valence-corrected chi connectivity index (χ3v) is 9.78. The molecule has 3 atom stereocenters. The Balaban J connectivity index is 1.14. The van der Waals surface area contributed by atoms with Crippen molar-refractivity contribution in [3.05, 3.63) is 181 Å². The molecule has 6 aromatic rings. The number of para-hydroxylation sites is 2. The summed E-state index contributed by atoms with van der Waals surface area (Å²) in [5.41, 5.74) is 14.4. The first kappa shape index (κ1) is 25.2. The minimum absolute atomic E-state index is 0.292. The molecule has 0 saturated carbocycles. The first-order chi connectivity index (χ1) is 21.8. The van der Waals surface area contributed by atoms with Gasteiger partial charge in [-0.3, -0.25) is 0 Å². The molecule has 0 saturated heterocycles. The maximum Gasteiger partial charge on any atom is 0.0497 e. The summed E-state index contributed by atoms with van der Waals surface area (Å²) in [7, 11) is 0. The van der Waals surface area contributed by atoms with Gasteiger partial charge in [-0.2, -0.15) is 0 Å². The van der Waals surface area contributed by atoms with E-state index in [2.05, 4.69) is 174 Å². The second kappa shape index (κ2) is 10.1. The summed E-state index contributed by atoms with van der Waals surface area (Å²) >= 11 is 0. The fourth-order valence-electron chi connectivity index (χ4n) is 7.94. The SMILES string of the molecule is C1=C2C(c3ccccc3N2c2cccc(-c3ccccc3)c2)C2c3ccccc3N(c3ccc(-c4ccccc4)cc3)C2C1. The van der Waals surface area contributed by atoms with Crippen molar-refractivity contribution in [1.29, 1.82) is 0 Å². The van der Waals surface area contributed by atoms with Crippen LogP contribution in [0.2, 0.25) is 0 Å². The Bertz CT molecular complexity index is 2010. The van der Waals surface area contributed by atoms with Crippen molar-refractivity contribution >= 4 is 22.7 Å². The van der Waals surface area contributed by atoms with Gasteiger partial charge in [-0.1, -0.05) is 127 Å². The number of fused-ring (bicyclic) bond motifs is 7. The largest absolute Gasteiger partial charge is 0.337 e. The van der Waals surface area contributed by atoms with Crippen molar-refractivity contribution in [3.63, 3.8) is 0 Å². The van der Waals surface area contributed by atoms with Crippen molar-refractivity contribution in [2.45, 2.75) is 24.3 Å². The summed E-state index contributed by atoms with van der Waals surface area (Å²) in [6.45, 7) is 0. The molecule has 0 amide bonds. The molecule has 210 valence electrons. The highest BCUT2D eigenvalue weighted by Gasteiger charge is 2.51. The zero-order valence-corrected chi connectivity index (χ0v) is 24.4. The predicted molar refractivity (Wildman–Crippen MR) is 183 cm³/mol. The van der Waals surface area contributed by atoms with Gasteiger partial charge in [0.15, 0.2) is 0 Å². The number of hydrogen-bond donors (Lipinski definition) is 0. The maximum atomic E-state index is 2.61. The van der Waals surface area contributed by atoms with Crippen LogP contribution in [0.3, 0.4) is 0 Å². The fraction of sp³-hybridized carbons (Fsp3) is 0.0952. The summed E-state index contributed by atoms with van der Waals surface area (Å²) in [4.78, 5) is 5.14. The predicted octanol–water partition coefficient (Wildman–Crippen LogP) is 10.8. The molecular formula is C42H32N2. The van der Waals surface area contributed by atoms with E-state index < -0.39 is 0 Å². The highest BCUT2D eigenvalue weighted by molar-refractivity contribution is 5.84. The molecule has 0 radical (unpaired) electrons. The Kier molecular flexibility index (Phi) is 5.80. The summed E-state index contributed by atoms with van der Waals surface area (Å²) < 4.78 is 0. The minimum atomic E-state index is 0.292. The van der Waals surface area contributed by atoms with Gasteiger partial charge >= 0.3 is 0 Å². The van der Waals surface area contributed by atoms with Crippen molar-refractivity contribution in [1.82, 2.24) is 0 Å². The van der Waals surface area contributed by atoms with Crippen molar-refractivity contribution < 1.29 is 0 Å². The van der Waals surface area contributed by atoms with Crippen LogP contribution < -0.4 is 9.80 Å². The summed E-state index contributed by atoms with van der Waals surface area (Å²) in [5, 5.41) is 0. The minimum Gasteiger partial charge on any atom is -0.337 e. The highest BCUT2D eigenvalue weighted by Crippen LogP contribution is 2.62. The maximum absolute atomic E-state index is 2.61. The van der Waals surface area contributed by atoms with E-state index in [1.54, 1.807) is 0 Å². The number of hydrogen-bond acceptors (Lipinski definition) is 2. The van der Waals surface area contributed by atoms with Crippen LogP contribution in [-0.2, 0) is 0 Å². The van der Waals surface area contributed by atoms with E-state index in [1.807, 2.05) is 0 Å². The quantitative estimate of drug-likeness (QED) is 0.210. The van der Waals surface area contributed by atoms with E-state index in [-0.39, 0.29) is 0 Å². The second-order valence-corrected chi connectivity index (χ2v) is 12.1. The fourth-order valence-corrected chi connectivity index (χ4v) is 7.94. The molecule has 2 nitrogen and oxygen atoms in total. The lowest BCUT2D eigenvalue weighted by atomic mass is 9.74. The van der Waals surface area contributed by atoms with E-state index in [1.165, 1.54) is 61.8 Å². The summed E-state index contributed by atoms with van der Waals surface area (Å²) in [5.74, 6) is 0.656. The van der Waals surface area contributed by atoms with Gasteiger partial charge in [0.05, 0.1) is 0 Å². The van der Waals surface area contributed by atoms with Gasteiger partial charge in [-0.05, 0) is 76.2 Å². The molecule has 44 heavy (non-hydrogen) atoms. The molecule has 2 heterocycles. The number of rotatable bonds is 4. The van der Waals surface area contributed by atoms with Gasteiger partial charge < -0.3 is 9.80 Å². The standard InChI is InChI=1S/C42H32N2/c1-3-12-29(13-4-1)31-22-24-33(25-23-31)43-37-20-9-7-18-35(37)41-39(43)26-27-40-42(41)36-19-8-10-21-38(36)44(40)34-17-11-16-32(28-34)30-14-5-2-6-15-30/h1-25,27-28,39,41-42H,26H2. The number of nitrogens with zero attached hydrogens (tertiary/aromatic N) is 2. The van der Waals surface area contributed by atoms with Crippen molar-refractivity contribution in [2.24, 2.45) is 0 Å². The molecule has 0 spiro atoms. The molecule has 2 aliphatic heterocycles. The zero-order valence-electron chi connectivity index (χ0n) is 24.4. The third-order valence-electron chi connectivity index (χ3n) is 9.78. The molecule has 0 N–H and O–H groups in total. The van der Waals surface area contributed by atoms with Crippen LogP contribution in [0.5, 0.6) is 0 Å². The van der Waals surface area contributed by atoms with E-state index in [4.69, 9.17) is 0 Å². The molecular weight excluding hydrogens is 532 g/mol. The monoisotopic (exact) mass is 564 g/mol. The summed E-state index contributed by atoms with van der Waals surface area (Å²) in [6.07, 6.45) is 3.52. The number of anilines is 4.